The molecule has 30 heavy (non-hydrogen) atoms. The summed E-state index contributed by atoms with van der Waals surface area (Å²) in [5.41, 5.74) is 2.61. The van der Waals surface area contributed by atoms with E-state index in [4.69, 9.17) is 4.74 Å². The van der Waals surface area contributed by atoms with Gasteiger partial charge in [0.15, 0.2) is 0 Å². The molecule has 154 valence electrons. The van der Waals surface area contributed by atoms with Crippen molar-refractivity contribution >= 4 is 12.0 Å². The van der Waals surface area contributed by atoms with Gasteiger partial charge in [-0.2, -0.15) is 0 Å². The zero-order valence-corrected chi connectivity index (χ0v) is 16.2. The van der Waals surface area contributed by atoms with Crippen LogP contribution in [0.25, 0.3) is 17.2 Å². The van der Waals surface area contributed by atoms with Gasteiger partial charge >= 0.3 is 0 Å². The standard InChI is InChI=1S/C23H21F2N3O2/c24-18-7-8-21(25)20(12-18)17-5-3-16(4-6-17)2-1-10-28-14-19(27-15-28)13-22-23(29)26-9-11-30-22/h1-8,12,14-15,22H,9-11,13H2,(H,26,29)/b2-1-/t22-/m0/s1. The van der Waals surface area contributed by atoms with E-state index in [1.165, 1.54) is 6.07 Å². The summed E-state index contributed by atoms with van der Waals surface area (Å²) in [5, 5.41) is 2.78. The Morgan fingerprint density at radius 2 is 2.03 bits per heavy atom. The van der Waals surface area contributed by atoms with E-state index >= 15 is 0 Å². The molecule has 1 saturated heterocycles. The van der Waals surface area contributed by atoms with Gasteiger partial charge in [-0.25, -0.2) is 13.8 Å². The summed E-state index contributed by atoms with van der Waals surface area (Å²) < 4.78 is 34.7. The molecule has 0 spiro atoms. The Morgan fingerprint density at radius 1 is 1.20 bits per heavy atom. The van der Waals surface area contributed by atoms with Crippen LogP contribution in [0, 0.1) is 11.6 Å². The third-order valence-electron chi connectivity index (χ3n) is 4.87. The Hall–Kier alpha value is -3.32. The van der Waals surface area contributed by atoms with Crippen molar-refractivity contribution in [2.24, 2.45) is 0 Å². The van der Waals surface area contributed by atoms with Crippen LogP contribution in [-0.4, -0.2) is 34.7 Å². The van der Waals surface area contributed by atoms with Crippen molar-refractivity contribution in [3.8, 4) is 11.1 Å². The Bertz CT molecular complexity index is 1060. The Balaban J connectivity index is 1.35. The predicted molar refractivity (Wildman–Crippen MR) is 110 cm³/mol. The zero-order valence-electron chi connectivity index (χ0n) is 16.2. The third-order valence-corrected chi connectivity index (χ3v) is 4.87. The van der Waals surface area contributed by atoms with E-state index in [-0.39, 0.29) is 11.5 Å². The summed E-state index contributed by atoms with van der Waals surface area (Å²) in [4.78, 5) is 16.1. The summed E-state index contributed by atoms with van der Waals surface area (Å²) in [6, 6.07) is 10.7. The fraction of sp³-hybridized carbons (Fsp3) is 0.217. The van der Waals surface area contributed by atoms with Crippen LogP contribution in [0.5, 0.6) is 0 Å². The number of ether oxygens (including phenoxy) is 1. The van der Waals surface area contributed by atoms with E-state index in [0.29, 0.717) is 31.7 Å². The first kappa shape index (κ1) is 20.0. The molecule has 1 fully saturated rings. The number of hydrogen-bond donors (Lipinski definition) is 1. The highest BCUT2D eigenvalue weighted by Crippen LogP contribution is 2.24. The second kappa shape index (κ2) is 9.00. The Morgan fingerprint density at radius 3 is 2.83 bits per heavy atom. The molecular formula is C23H21F2N3O2. The first-order valence-electron chi connectivity index (χ1n) is 9.70. The first-order chi connectivity index (χ1) is 14.6. The third kappa shape index (κ3) is 4.80. The van der Waals surface area contributed by atoms with E-state index in [0.717, 1.165) is 23.4 Å². The second-order valence-corrected chi connectivity index (χ2v) is 7.06. The van der Waals surface area contributed by atoms with Gasteiger partial charge in [-0.3, -0.25) is 4.79 Å². The number of carbonyl (C=O) groups is 1. The maximum Gasteiger partial charge on any atom is 0.249 e. The minimum atomic E-state index is -0.487. The predicted octanol–water partition coefficient (Wildman–Crippen LogP) is 3.60. The minimum Gasteiger partial charge on any atom is -0.366 e. The fourth-order valence-electron chi connectivity index (χ4n) is 3.32. The molecule has 0 unspecified atom stereocenters. The number of imidazole rings is 1. The van der Waals surface area contributed by atoms with Gasteiger partial charge in [-0.1, -0.05) is 36.4 Å². The molecule has 3 aromatic rings. The molecular weight excluding hydrogens is 388 g/mol. The van der Waals surface area contributed by atoms with E-state index in [1.807, 2.05) is 35.0 Å². The summed E-state index contributed by atoms with van der Waals surface area (Å²) in [6.45, 7) is 1.68. The number of carbonyl (C=O) groups excluding carboxylic acids is 1. The Kier molecular flexibility index (Phi) is 5.99. The number of morpholine rings is 1. The van der Waals surface area contributed by atoms with Crippen LogP contribution in [0.3, 0.4) is 0 Å². The summed E-state index contributed by atoms with van der Waals surface area (Å²) in [6.07, 6.45) is 7.50. The normalized spacial score (nSPS) is 16.7. The van der Waals surface area contributed by atoms with Crippen molar-refractivity contribution in [2.45, 2.75) is 19.1 Å². The molecule has 7 heteroatoms. The summed E-state index contributed by atoms with van der Waals surface area (Å²) in [7, 11) is 0. The fourth-order valence-corrected chi connectivity index (χ4v) is 3.32. The lowest BCUT2D eigenvalue weighted by molar-refractivity contribution is -0.137. The number of aromatic nitrogens is 2. The molecule has 1 aliphatic heterocycles. The van der Waals surface area contributed by atoms with Crippen LogP contribution in [-0.2, 0) is 22.5 Å². The summed E-state index contributed by atoms with van der Waals surface area (Å²) >= 11 is 0. The highest BCUT2D eigenvalue weighted by molar-refractivity contribution is 5.81. The molecule has 1 aliphatic rings. The van der Waals surface area contributed by atoms with Crippen LogP contribution in [0.4, 0.5) is 8.78 Å². The van der Waals surface area contributed by atoms with E-state index in [9.17, 15) is 13.6 Å². The van der Waals surface area contributed by atoms with Gasteiger partial charge in [0.2, 0.25) is 5.91 Å². The lowest BCUT2D eigenvalue weighted by Gasteiger charge is -2.21. The van der Waals surface area contributed by atoms with Gasteiger partial charge in [0, 0.05) is 31.3 Å². The molecule has 1 atom stereocenters. The van der Waals surface area contributed by atoms with Crippen LogP contribution >= 0.6 is 0 Å². The summed E-state index contributed by atoms with van der Waals surface area (Å²) in [5.74, 6) is -1.02. The lowest BCUT2D eigenvalue weighted by Crippen LogP contribution is -2.45. The van der Waals surface area contributed by atoms with Crippen molar-refractivity contribution in [3.05, 3.63) is 84.0 Å². The molecule has 2 aromatic carbocycles. The molecule has 2 heterocycles. The number of nitrogens with zero attached hydrogens (tertiary/aromatic N) is 2. The maximum atomic E-state index is 13.9. The van der Waals surface area contributed by atoms with E-state index in [2.05, 4.69) is 10.3 Å². The number of nitrogens with one attached hydrogen (secondary N) is 1. The van der Waals surface area contributed by atoms with Crippen LogP contribution in [0.15, 0.2) is 61.1 Å². The van der Waals surface area contributed by atoms with Gasteiger partial charge in [0.05, 0.1) is 18.6 Å². The van der Waals surface area contributed by atoms with Gasteiger partial charge in [-0.05, 0) is 29.3 Å². The largest absolute Gasteiger partial charge is 0.366 e. The van der Waals surface area contributed by atoms with Crippen LogP contribution in [0.2, 0.25) is 0 Å². The molecule has 1 N–H and O–H groups in total. The number of halogens is 2. The van der Waals surface area contributed by atoms with Gasteiger partial charge in [0.1, 0.15) is 17.7 Å². The highest BCUT2D eigenvalue weighted by Gasteiger charge is 2.23. The number of allylic oxidation sites excluding steroid dienone is 1. The van der Waals surface area contributed by atoms with Gasteiger partial charge in [-0.15, -0.1) is 0 Å². The SMILES string of the molecule is O=C1NCCO[C@H]1Cc1cn(C/C=C\c2ccc(-c3cc(F)ccc3F)cc2)cn1. The average Bonchev–Trinajstić information content (AvgIpc) is 3.19. The number of hydrogen-bond acceptors (Lipinski definition) is 3. The Labute approximate surface area is 173 Å². The first-order valence-corrected chi connectivity index (χ1v) is 9.70. The minimum absolute atomic E-state index is 0.0998. The number of amides is 1. The molecule has 5 nitrogen and oxygen atoms in total. The van der Waals surface area contributed by atoms with Crippen LogP contribution < -0.4 is 5.32 Å². The molecule has 1 aromatic heterocycles. The van der Waals surface area contributed by atoms with Crippen molar-refractivity contribution < 1.29 is 18.3 Å². The van der Waals surface area contributed by atoms with Crippen molar-refractivity contribution in [1.29, 1.82) is 0 Å². The number of rotatable bonds is 6. The molecule has 0 saturated carbocycles. The lowest BCUT2D eigenvalue weighted by atomic mass is 10.0. The van der Waals surface area contributed by atoms with E-state index in [1.54, 1.807) is 18.5 Å². The molecule has 0 bridgehead atoms. The topological polar surface area (TPSA) is 56.1 Å². The smallest absolute Gasteiger partial charge is 0.249 e. The quantitative estimate of drug-likeness (QED) is 0.677. The average molecular weight is 409 g/mol. The number of benzene rings is 2. The van der Waals surface area contributed by atoms with Gasteiger partial charge in [0.25, 0.3) is 0 Å². The molecule has 0 aliphatic carbocycles. The van der Waals surface area contributed by atoms with E-state index < -0.39 is 17.7 Å². The maximum absolute atomic E-state index is 13.9. The molecule has 0 radical (unpaired) electrons. The zero-order chi connectivity index (χ0) is 20.9. The highest BCUT2D eigenvalue weighted by atomic mass is 19.1. The van der Waals surface area contributed by atoms with Crippen molar-refractivity contribution in [1.82, 2.24) is 14.9 Å². The second-order valence-electron chi connectivity index (χ2n) is 7.06. The molecule has 1 amide bonds. The van der Waals surface area contributed by atoms with Crippen LogP contribution in [0.1, 0.15) is 11.3 Å². The van der Waals surface area contributed by atoms with Gasteiger partial charge < -0.3 is 14.6 Å². The van der Waals surface area contributed by atoms with Crippen molar-refractivity contribution in [2.75, 3.05) is 13.2 Å². The van der Waals surface area contributed by atoms with Crippen molar-refractivity contribution in [3.63, 3.8) is 0 Å². The monoisotopic (exact) mass is 409 g/mol. The molecule has 4 rings (SSSR count).